The van der Waals surface area contributed by atoms with Gasteiger partial charge in [-0.25, -0.2) is 4.99 Å². The summed E-state index contributed by atoms with van der Waals surface area (Å²) in [5.74, 6) is -0.676. The van der Waals surface area contributed by atoms with Crippen molar-refractivity contribution in [2.24, 2.45) is 4.99 Å². The van der Waals surface area contributed by atoms with Crippen LogP contribution in [0.25, 0.3) is 0 Å². The molecule has 0 fully saturated rings. The predicted octanol–water partition coefficient (Wildman–Crippen LogP) is 3.85. The van der Waals surface area contributed by atoms with E-state index in [9.17, 15) is 14.4 Å². The highest BCUT2D eigenvalue weighted by molar-refractivity contribution is 6.20. The number of amides is 2. The van der Waals surface area contributed by atoms with Crippen molar-refractivity contribution in [3.63, 3.8) is 0 Å². The number of esters is 1. The lowest BCUT2D eigenvalue weighted by molar-refractivity contribution is -0.143. The van der Waals surface area contributed by atoms with Gasteiger partial charge < -0.3 is 15.0 Å². The highest BCUT2D eigenvalue weighted by Crippen LogP contribution is 2.27. The number of fused-ring (bicyclic) bond motifs is 1. The molecule has 1 N–H and O–H groups in total. The standard InChI is InChI=1S/C26H31N3O4/c1-3-33-23(31)18-10-5-4-9-17-22(30)27-25-26(32)29(2)21-16-12-11-15-20(21)24(28-25)19-13-7-6-8-14-19/h6-8,11-16,25H,3-5,9-10,17-18H2,1-2H3,(H,27,30)/t25-/m1/s1. The van der Waals surface area contributed by atoms with Crippen LogP contribution in [0.5, 0.6) is 0 Å². The number of carbonyl (C=O) groups is 3. The smallest absolute Gasteiger partial charge is 0.305 e. The van der Waals surface area contributed by atoms with E-state index in [4.69, 9.17) is 9.73 Å². The number of aliphatic imine (C=N–C) groups is 1. The monoisotopic (exact) mass is 449 g/mol. The van der Waals surface area contributed by atoms with Crippen molar-refractivity contribution >= 4 is 29.2 Å². The Bertz CT molecular complexity index is 1000. The number of likely N-dealkylation sites (N-methyl/N-ethyl adjacent to an activating group) is 1. The number of ether oxygens (including phenoxy) is 1. The number of benzodiazepines with no additional fused rings is 1. The van der Waals surface area contributed by atoms with Gasteiger partial charge >= 0.3 is 5.97 Å². The zero-order chi connectivity index (χ0) is 23.6. The molecule has 1 atom stereocenters. The van der Waals surface area contributed by atoms with E-state index in [0.717, 1.165) is 36.1 Å². The lowest BCUT2D eigenvalue weighted by atomic mass is 10.0. The summed E-state index contributed by atoms with van der Waals surface area (Å²) in [5.41, 5.74) is 3.16. The minimum absolute atomic E-state index is 0.181. The van der Waals surface area contributed by atoms with E-state index in [1.165, 1.54) is 0 Å². The molecule has 2 aromatic carbocycles. The SMILES string of the molecule is CCOC(=O)CCCCCCC(=O)N[C@@H]1N=C(c2ccccc2)c2ccccc2N(C)C1=O. The molecule has 174 valence electrons. The maximum absolute atomic E-state index is 13.1. The Morgan fingerprint density at radius 2 is 1.64 bits per heavy atom. The van der Waals surface area contributed by atoms with Crippen molar-refractivity contribution < 1.29 is 19.1 Å². The minimum atomic E-state index is -0.992. The number of rotatable bonds is 10. The molecule has 0 spiro atoms. The number of anilines is 1. The van der Waals surface area contributed by atoms with Gasteiger partial charge in [0, 0.05) is 31.0 Å². The maximum Gasteiger partial charge on any atom is 0.305 e. The van der Waals surface area contributed by atoms with Crippen LogP contribution in [0.4, 0.5) is 5.69 Å². The number of benzene rings is 2. The van der Waals surface area contributed by atoms with Gasteiger partial charge in [-0.3, -0.25) is 14.4 Å². The summed E-state index contributed by atoms with van der Waals surface area (Å²) in [5, 5.41) is 2.81. The van der Waals surface area contributed by atoms with E-state index in [2.05, 4.69) is 5.32 Å². The third-order valence-electron chi connectivity index (χ3n) is 5.53. The lowest BCUT2D eigenvalue weighted by Crippen LogP contribution is -2.46. The second kappa shape index (κ2) is 11.9. The summed E-state index contributed by atoms with van der Waals surface area (Å²) < 4.78 is 4.91. The van der Waals surface area contributed by atoms with Crippen molar-refractivity contribution in [1.82, 2.24) is 5.32 Å². The normalized spacial score (nSPS) is 15.3. The van der Waals surface area contributed by atoms with Gasteiger partial charge in [0.25, 0.3) is 5.91 Å². The highest BCUT2D eigenvalue weighted by atomic mass is 16.5. The maximum atomic E-state index is 13.1. The molecule has 0 aromatic heterocycles. The molecule has 1 heterocycles. The lowest BCUT2D eigenvalue weighted by Gasteiger charge is -2.20. The Labute approximate surface area is 194 Å². The quantitative estimate of drug-likeness (QED) is 0.441. The van der Waals surface area contributed by atoms with Crippen LogP contribution in [-0.4, -0.2) is 43.3 Å². The molecule has 33 heavy (non-hydrogen) atoms. The van der Waals surface area contributed by atoms with E-state index >= 15 is 0 Å². The van der Waals surface area contributed by atoms with Gasteiger partial charge in [-0.05, 0) is 25.8 Å². The fraction of sp³-hybridized carbons (Fsp3) is 0.385. The first kappa shape index (κ1) is 24.2. The van der Waals surface area contributed by atoms with Crippen molar-refractivity contribution in [2.75, 3.05) is 18.6 Å². The average Bonchev–Trinajstić information content (AvgIpc) is 2.93. The second-order valence-electron chi connectivity index (χ2n) is 7.95. The molecule has 7 nitrogen and oxygen atoms in total. The topological polar surface area (TPSA) is 88.1 Å². The van der Waals surface area contributed by atoms with Crippen LogP contribution < -0.4 is 10.2 Å². The first-order chi connectivity index (χ1) is 16.0. The number of para-hydroxylation sites is 1. The molecule has 0 aliphatic carbocycles. The average molecular weight is 450 g/mol. The second-order valence-corrected chi connectivity index (χ2v) is 7.95. The molecule has 3 rings (SSSR count). The summed E-state index contributed by atoms with van der Waals surface area (Å²) in [7, 11) is 1.70. The van der Waals surface area contributed by atoms with Crippen LogP contribution in [0.2, 0.25) is 0 Å². The third-order valence-corrected chi connectivity index (χ3v) is 5.53. The number of unbranched alkanes of at least 4 members (excludes halogenated alkanes) is 3. The van der Waals surface area contributed by atoms with Crippen molar-refractivity contribution in [1.29, 1.82) is 0 Å². The zero-order valence-corrected chi connectivity index (χ0v) is 19.3. The highest BCUT2D eigenvalue weighted by Gasteiger charge is 2.30. The number of hydrogen-bond donors (Lipinski definition) is 1. The van der Waals surface area contributed by atoms with Gasteiger partial charge in [0.05, 0.1) is 18.0 Å². The van der Waals surface area contributed by atoms with Crippen molar-refractivity contribution in [3.8, 4) is 0 Å². The Hall–Kier alpha value is -3.48. The summed E-state index contributed by atoms with van der Waals surface area (Å²) in [6.07, 6.45) is 2.82. The third kappa shape index (κ3) is 6.51. The van der Waals surface area contributed by atoms with E-state index in [1.807, 2.05) is 54.6 Å². The Morgan fingerprint density at radius 3 is 2.36 bits per heavy atom. The summed E-state index contributed by atoms with van der Waals surface area (Å²) in [4.78, 5) is 43.3. The molecule has 1 aliphatic rings. The first-order valence-electron chi connectivity index (χ1n) is 11.5. The molecule has 7 heteroatoms. The molecule has 0 radical (unpaired) electrons. The van der Waals surface area contributed by atoms with E-state index in [0.29, 0.717) is 31.6 Å². The van der Waals surface area contributed by atoms with E-state index in [-0.39, 0.29) is 17.8 Å². The number of nitrogens with one attached hydrogen (secondary N) is 1. The molecule has 0 unspecified atom stereocenters. The molecule has 0 saturated heterocycles. The van der Waals surface area contributed by atoms with Crippen LogP contribution in [-0.2, 0) is 19.1 Å². The van der Waals surface area contributed by atoms with Crippen molar-refractivity contribution in [2.45, 2.75) is 51.6 Å². The fourth-order valence-electron chi connectivity index (χ4n) is 3.81. The largest absolute Gasteiger partial charge is 0.466 e. The first-order valence-corrected chi connectivity index (χ1v) is 11.5. The van der Waals surface area contributed by atoms with Crippen LogP contribution in [0, 0.1) is 0 Å². The van der Waals surface area contributed by atoms with Crippen LogP contribution in [0.15, 0.2) is 59.6 Å². The summed E-state index contributed by atoms with van der Waals surface area (Å²) in [6, 6.07) is 17.3. The Balaban J connectivity index is 1.64. The van der Waals surface area contributed by atoms with Crippen LogP contribution in [0.1, 0.15) is 56.6 Å². The van der Waals surface area contributed by atoms with Crippen LogP contribution >= 0.6 is 0 Å². The number of nitrogens with zero attached hydrogens (tertiary/aromatic N) is 2. The fourth-order valence-corrected chi connectivity index (χ4v) is 3.81. The van der Waals surface area contributed by atoms with Crippen LogP contribution in [0.3, 0.4) is 0 Å². The van der Waals surface area contributed by atoms with Gasteiger partial charge in [0.1, 0.15) is 0 Å². The molecular weight excluding hydrogens is 418 g/mol. The molecule has 1 aliphatic heterocycles. The molecule has 0 saturated carbocycles. The van der Waals surface area contributed by atoms with Crippen molar-refractivity contribution in [3.05, 3.63) is 65.7 Å². The minimum Gasteiger partial charge on any atom is -0.466 e. The molecule has 2 amide bonds. The molecule has 0 bridgehead atoms. The Kier molecular flexibility index (Phi) is 8.75. The predicted molar refractivity (Wildman–Crippen MR) is 128 cm³/mol. The summed E-state index contributed by atoms with van der Waals surface area (Å²) >= 11 is 0. The van der Waals surface area contributed by atoms with Gasteiger partial charge in [0.2, 0.25) is 12.1 Å². The van der Waals surface area contributed by atoms with Gasteiger partial charge in [-0.1, -0.05) is 61.4 Å². The molecule has 2 aromatic rings. The zero-order valence-electron chi connectivity index (χ0n) is 19.3. The van der Waals surface area contributed by atoms with Gasteiger partial charge in [0.15, 0.2) is 0 Å². The number of hydrogen-bond acceptors (Lipinski definition) is 5. The van der Waals surface area contributed by atoms with Gasteiger partial charge in [-0.2, -0.15) is 0 Å². The van der Waals surface area contributed by atoms with E-state index in [1.54, 1.807) is 18.9 Å². The van der Waals surface area contributed by atoms with E-state index < -0.39 is 6.17 Å². The summed E-state index contributed by atoms with van der Waals surface area (Å²) in [6.45, 7) is 2.19. The molecular formula is C26H31N3O4. The number of carbonyl (C=O) groups excluding carboxylic acids is 3. The Morgan fingerprint density at radius 1 is 0.970 bits per heavy atom. The van der Waals surface area contributed by atoms with Gasteiger partial charge in [-0.15, -0.1) is 0 Å².